The number of hydrogen-bond donors (Lipinski definition) is 1. The Hall–Kier alpha value is 0.110. The predicted octanol–water partition coefficient (Wildman–Crippen LogP) is 1.82. The van der Waals surface area contributed by atoms with E-state index in [4.69, 9.17) is 0 Å². The van der Waals surface area contributed by atoms with E-state index in [1.165, 1.54) is 0 Å². The minimum absolute atomic E-state index is 0.691. The number of hydrogen-bond acceptors (Lipinski definition) is 2. The van der Waals surface area contributed by atoms with E-state index in [2.05, 4.69) is 30.1 Å². The fraction of sp³-hybridized carbons (Fsp3) is 0.400. The lowest BCUT2D eigenvalue weighted by molar-refractivity contribution is 1.64. The largest absolute Gasteiger partial charge is 0.257 e. The Morgan fingerprint density at radius 2 is 2.25 bits per heavy atom. The third-order valence-corrected chi connectivity index (χ3v) is 4.41. The molecular formula is C5H9NS2. The molecule has 0 saturated carbocycles. The summed E-state index contributed by atoms with van der Waals surface area (Å²) < 4.78 is 1.12. The normalized spacial score (nSPS) is 27.6. The summed E-state index contributed by atoms with van der Waals surface area (Å²) in [7, 11) is -0.691. The van der Waals surface area contributed by atoms with E-state index in [0.29, 0.717) is 0 Å². The summed E-state index contributed by atoms with van der Waals surface area (Å²) in [6.07, 6.45) is 6.16. The van der Waals surface area contributed by atoms with Crippen LogP contribution in [0.1, 0.15) is 0 Å². The molecule has 0 aromatic heterocycles. The van der Waals surface area contributed by atoms with Gasteiger partial charge in [0.25, 0.3) is 0 Å². The first-order valence-electron chi connectivity index (χ1n) is 2.29. The molecule has 0 aromatic rings. The van der Waals surface area contributed by atoms with Crippen molar-refractivity contribution >= 4 is 28.2 Å². The maximum atomic E-state index is 4.25. The third-order valence-electron chi connectivity index (χ3n) is 1.05. The van der Waals surface area contributed by atoms with Crippen LogP contribution in [0.4, 0.5) is 0 Å². The Morgan fingerprint density at radius 1 is 1.62 bits per heavy atom. The summed E-state index contributed by atoms with van der Waals surface area (Å²) in [5, 5.41) is 0. The Labute approximate surface area is 56.6 Å². The van der Waals surface area contributed by atoms with Crippen molar-refractivity contribution in [3.8, 4) is 0 Å². The molecule has 3 heteroatoms. The van der Waals surface area contributed by atoms with Crippen LogP contribution in [-0.2, 0) is 0 Å². The van der Waals surface area contributed by atoms with Gasteiger partial charge in [-0.3, -0.25) is 4.99 Å². The zero-order chi connectivity index (χ0) is 6.20. The van der Waals surface area contributed by atoms with Crippen molar-refractivity contribution in [3.63, 3.8) is 0 Å². The van der Waals surface area contributed by atoms with Gasteiger partial charge in [-0.05, 0) is 12.5 Å². The Balaban J connectivity index is 2.87. The van der Waals surface area contributed by atoms with Crippen LogP contribution in [0.3, 0.4) is 0 Å². The molecule has 1 aliphatic heterocycles. The topological polar surface area (TPSA) is 12.4 Å². The van der Waals surface area contributed by atoms with Crippen LogP contribution < -0.4 is 0 Å². The van der Waals surface area contributed by atoms with Gasteiger partial charge in [0.15, 0.2) is 0 Å². The molecule has 0 spiro atoms. The van der Waals surface area contributed by atoms with E-state index in [1.807, 2.05) is 11.7 Å². The molecule has 46 valence electrons. The third kappa shape index (κ3) is 0.928. The van der Waals surface area contributed by atoms with Gasteiger partial charge in [-0.15, -0.1) is 12.6 Å². The highest BCUT2D eigenvalue weighted by Crippen LogP contribution is 2.50. The SMILES string of the molecule is CS1(C)C=NC=C1S. The second-order valence-corrected chi connectivity index (χ2v) is 6.37. The summed E-state index contributed by atoms with van der Waals surface area (Å²) >= 11 is 4.25. The number of aliphatic imine (C=N–C) groups is 1. The minimum Gasteiger partial charge on any atom is -0.257 e. The molecule has 0 unspecified atom stereocenters. The van der Waals surface area contributed by atoms with E-state index >= 15 is 0 Å². The van der Waals surface area contributed by atoms with Crippen molar-refractivity contribution in [1.29, 1.82) is 0 Å². The van der Waals surface area contributed by atoms with Crippen molar-refractivity contribution in [2.45, 2.75) is 0 Å². The van der Waals surface area contributed by atoms with Gasteiger partial charge in [-0.2, -0.15) is 10.0 Å². The molecule has 1 aliphatic rings. The number of nitrogens with zero attached hydrogens (tertiary/aromatic N) is 1. The molecule has 0 N–H and O–H groups in total. The van der Waals surface area contributed by atoms with E-state index in [-0.39, 0.29) is 0 Å². The van der Waals surface area contributed by atoms with Gasteiger partial charge in [-0.25, -0.2) is 0 Å². The minimum atomic E-state index is -0.691. The van der Waals surface area contributed by atoms with Crippen LogP contribution >= 0.6 is 22.7 Å². The van der Waals surface area contributed by atoms with Crippen molar-refractivity contribution in [2.24, 2.45) is 4.99 Å². The first-order valence-corrected chi connectivity index (χ1v) is 5.24. The molecule has 1 rings (SSSR count). The van der Waals surface area contributed by atoms with Gasteiger partial charge in [0, 0.05) is 16.0 Å². The fourth-order valence-electron chi connectivity index (χ4n) is 0.436. The highest BCUT2D eigenvalue weighted by atomic mass is 32.3. The second kappa shape index (κ2) is 1.81. The zero-order valence-corrected chi connectivity index (χ0v) is 6.67. The van der Waals surface area contributed by atoms with E-state index < -0.39 is 10.0 Å². The first-order chi connectivity index (χ1) is 3.63. The van der Waals surface area contributed by atoms with Crippen molar-refractivity contribution in [3.05, 3.63) is 10.4 Å². The van der Waals surface area contributed by atoms with Crippen LogP contribution in [-0.4, -0.2) is 18.1 Å². The quantitative estimate of drug-likeness (QED) is 0.502. The van der Waals surface area contributed by atoms with Crippen LogP contribution in [0.25, 0.3) is 0 Å². The molecule has 0 bridgehead atoms. The molecule has 0 saturated heterocycles. The highest BCUT2D eigenvalue weighted by molar-refractivity contribution is 8.50. The lowest BCUT2D eigenvalue weighted by Crippen LogP contribution is -1.89. The molecule has 8 heavy (non-hydrogen) atoms. The molecule has 0 radical (unpaired) electrons. The summed E-state index contributed by atoms with van der Waals surface area (Å²) in [6, 6.07) is 0. The molecule has 0 fully saturated rings. The predicted molar refractivity (Wildman–Crippen MR) is 45.0 cm³/mol. The Morgan fingerprint density at radius 3 is 2.38 bits per heavy atom. The van der Waals surface area contributed by atoms with Gasteiger partial charge >= 0.3 is 0 Å². The molecular weight excluding hydrogens is 138 g/mol. The lowest BCUT2D eigenvalue weighted by atomic mass is 11.0. The first kappa shape index (κ1) is 6.23. The van der Waals surface area contributed by atoms with Gasteiger partial charge in [0.1, 0.15) is 0 Å². The van der Waals surface area contributed by atoms with Crippen LogP contribution in [0.2, 0.25) is 0 Å². The van der Waals surface area contributed by atoms with Crippen LogP contribution in [0.5, 0.6) is 0 Å². The van der Waals surface area contributed by atoms with Gasteiger partial charge < -0.3 is 0 Å². The Bertz CT molecular complexity index is 158. The summed E-state index contributed by atoms with van der Waals surface area (Å²) in [4.78, 5) is 3.99. The van der Waals surface area contributed by atoms with E-state index in [1.54, 1.807) is 0 Å². The number of thiol groups is 1. The van der Waals surface area contributed by atoms with E-state index in [9.17, 15) is 0 Å². The second-order valence-electron chi connectivity index (χ2n) is 2.13. The average Bonchev–Trinajstić information content (AvgIpc) is 1.86. The van der Waals surface area contributed by atoms with E-state index in [0.717, 1.165) is 4.24 Å². The smallest absolute Gasteiger partial charge is 0.0467 e. The van der Waals surface area contributed by atoms with Crippen LogP contribution in [0, 0.1) is 0 Å². The van der Waals surface area contributed by atoms with Gasteiger partial charge in [0.2, 0.25) is 0 Å². The zero-order valence-electron chi connectivity index (χ0n) is 4.96. The standard InChI is InChI=1S/C5H9NS2/c1-8(2)4-6-3-5(8)7/h3-4,7H,1-2H3. The molecule has 0 atom stereocenters. The summed E-state index contributed by atoms with van der Waals surface area (Å²) in [6.45, 7) is 0. The molecule has 0 amide bonds. The molecule has 1 heterocycles. The van der Waals surface area contributed by atoms with Crippen LogP contribution in [0.15, 0.2) is 15.4 Å². The maximum absolute atomic E-state index is 4.25. The average molecular weight is 147 g/mol. The highest BCUT2D eigenvalue weighted by Gasteiger charge is 2.14. The molecule has 0 aliphatic carbocycles. The Kier molecular flexibility index (Phi) is 1.41. The summed E-state index contributed by atoms with van der Waals surface area (Å²) in [5.74, 6) is 0. The number of rotatable bonds is 0. The molecule has 1 nitrogen and oxygen atoms in total. The lowest BCUT2D eigenvalue weighted by Gasteiger charge is -2.20. The van der Waals surface area contributed by atoms with Crippen molar-refractivity contribution in [2.75, 3.05) is 12.5 Å². The van der Waals surface area contributed by atoms with Crippen molar-refractivity contribution < 1.29 is 0 Å². The molecule has 0 aromatic carbocycles. The fourth-order valence-corrected chi connectivity index (χ4v) is 1.45. The van der Waals surface area contributed by atoms with Crippen molar-refractivity contribution in [1.82, 2.24) is 0 Å². The van der Waals surface area contributed by atoms with Gasteiger partial charge in [0.05, 0.1) is 0 Å². The maximum Gasteiger partial charge on any atom is 0.0467 e. The summed E-state index contributed by atoms with van der Waals surface area (Å²) in [5.41, 5.74) is 1.98. The monoisotopic (exact) mass is 147 g/mol. The van der Waals surface area contributed by atoms with Gasteiger partial charge in [-0.1, -0.05) is 0 Å².